The Morgan fingerprint density at radius 3 is 2.66 bits per heavy atom. The van der Waals surface area contributed by atoms with Gasteiger partial charge in [0.05, 0.1) is 24.8 Å². The Hall–Kier alpha value is -2.59. The number of nitrogens with zero attached hydrogens (tertiary/aromatic N) is 4. The van der Waals surface area contributed by atoms with Crippen molar-refractivity contribution in [1.82, 2.24) is 20.1 Å². The van der Waals surface area contributed by atoms with Gasteiger partial charge in [-0.1, -0.05) is 30.7 Å². The maximum atomic E-state index is 13.3. The Balaban J connectivity index is 1.81. The van der Waals surface area contributed by atoms with Crippen molar-refractivity contribution in [3.05, 3.63) is 62.5 Å². The van der Waals surface area contributed by atoms with Crippen molar-refractivity contribution in [2.75, 3.05) is 26.3 Å². The highest BCUT2D eigenvalue weighted by Gasteiger charge is 2.37. The molecule has 0 fully saturated rings. The van der Waals surface area contributed by atoms with Gasteiger partial charge < -0.3 is 15.8 Å². The molecule has 0 radical (unpaired) electrons. The van der Waals surface area contributed by atoms with Gasteiger partial charge in [0.25, 0.3) is 0 Å². The van der Waals surface area contributed by atoms with Crippen LogP contribution in [0.25, 0.3) is 5.00 Å². The number of amides is 1. The number of rotatable bonds is 9. The molecule has 1 aliphatic heterocycles. The fourth-order valence-corrected chi connectivity index (χ4v) is 5.68. The molecule has 0 saturated heterocycles. The molecule has 4 rings (SSSR count). The van der Waals surface area contributed by atoms with Gasteiger partial charge in [-0.05, 0) is 44.9 Å². The number of fused-ring (bicyclic) bond motifs is 3. The van der Waals surface area contributed by atoms with E-state index < -0.39 is 12.0 Å². The van der Waals surface area contributed by atoms with E-state index in [4.69, 9.17) is 27.1 Å². The number of carbonyl (C=O) groups excluding carboxylic acids is 1. The second kappa shape index (κ2) is 11.0. The maximum absolute atomic E-state index is 13.3. The van der Waals surface area contributed by atoms with Gasteiger partial charge >= 0.3 is 0 Å². The Kier molecular flexibility index (Phi) is 8.01. The third-order valence-corrected chi connectivity index (χ3v) is 7.72. The molecule has 186 valence electrons. The summed E-state index contributed by atoms with van der Waals surface area (Å²) < 4.78 is 7.48. The van der Waals surface area contributed by atoms with Crippen LogP contribution >= 0.6 is 22.9 Å². The Labute approximate surface area is 214 Å². The molecule has 3 aromatic rings. The quantitative estimate of drug-likeness (QED) is 0.421. The van der Waals surface area contributed by atoms with Gasteiger partial charge in [0, 0.05) is 34.1 Å². The molecule has 1 aliphatic rings. The molecule has 0 aliphatic carbocycles. The minimum Gasteiger partial charge on any atom is -0.378 e. The van der Waals surface area contributed by atoms with E-state index in [1.165, 1.54) is 4.88 Å². The number of nitrogens with one attached hydrogen (secondary N) is 1. The summed E-state index contributed by atoms with van der Waals surface area (Å²) in [4.78, 5) is 19.8. The molecule has 0 spiro atoms. The summed E-state index contributed by atoms with van der Waals surface area (Å²) >= 11 is 7.88. The lowest BCUT2D eigenvalue weighted by atomic mass is 9.94. The van der Waals surface area contributed by atoms with Gasteiger partial charge in [0.2, 0.25) is 5.91 Å². The monoisotopic (exact) mass is 514 g/mol. The lowest BCUT2D eigenvalue weighted by Gasteiger charge is -2.22. The number of aliphatic imine (C=N–C) groups is 1. The third kappa shape index (κ3) is 5.04. The molecule has 0 bridgehead atoms. The molecule has 8 nitrogen and oxygen atoms in total. The molecule has 3 N–H and O–H groups in total. The van der Waals surface area contributed by atoms with Crippen LogP contribution in [0.5, 0.6) is 0 Å². The van der Waals surface area contributed by atoms with E-state index in [1.54, 1.807) is 11.3 Å². The normalized spacial score (nSPS) is 15.7. The Bertz CT molecular complexity index is 1230. The fraction of sp³-hybridized carbons (Fsp3) is 0.440. The zero-order valence-corrected chi connectivity index (χ0v) is 22.0. The minimum atomic E-state index is -0.504. The molecule has 0 unspecified atom stereocenters. The van der Waals surface area contributed by atoms with Crippen LogP contribution in [0.2, 0.25) is 5.02 Å². The van der Waals surface area contributed by atoms with Gasteiger partial charge in [-0.3, -0.25) is 14.4 Å². The third-order valence-electron chi connectivity index (χ3n) is 6.27. The molecule has 35 heavy (non-hydrogen) atoms. The Morgan fingerprint density at radius 1 is 1.23 bits per heavy atom. The van der Waals surface area contributed by atoms with Crippen LogP contribution in [-0.2, 0) is 9.53 Å². The number of hydrogen-bond donors (Lipinski definition) is 2. The van der Waals surface area contributed by atoms with E-state index in [1.807, 2.05) is 38.1 Å². The van der Waals surface area contributed by atoms with Crippen molar-refractivity contribution >= 4 is 34.6 Å². The van der Waals surface area contributed by atoms with Gasteiger partial charge in [0.1, 0.15) is 16.9 Å². The number of benzene rings is 1. The number of ether oxygens (including phenoxy) is 1. The predicted molar refractivity (Wildman–Crippen MR) is 140 cm³/mol. The number of hydrogen-bond acceptors (Lipinski definition) is 7. The van der Waals surface area contributed by atoms with Crippen molar-refractivity contribution in [2.24, 2.45) is 16.6 Å². The molecular formula is C25H31ClN6O2S. The lowest BCUT2D eigenvalue weighted by Crippen LogP contribution is -2.36. The predicted octanol–water partition coefficient (Wildman–Crippen LogP) is 3.92. The van der Waals surface area contributed by atoms with E-state index in [9.17, 15) is 4.79 Å². The molecule has 3 heterocycles. The lowest BCUT2D eigenvalue weighted by molar-refractivity contribution is -0.126. The van der Waals surface area contributed by atoms with Crippen molar-refractivity contribution in [3.63, 3.8) is 0 Å². The summed E-state index contributed by atoms with van der Waals surface area (Å²) in [6.45, 7) is 9.89. The molecule has 2 aromatic heterocycles. The summed E-state index contributed by atoms with van der Waals surface area (Å²) in [5.41, 5.74) is 9.46. The summed E-state index contributed by atoms with van der Waals surface area (Å²) in [6, 6.07) is 7.18. The summed E-state index contributed by atoms with van der Waals surface area (Å²) in [7, 11) is 0. The van der Waals surface area contributed by atoms with Crippen LogP contribution in [0.4, 0.5) is 0 Å². The first kappa shape index (κ1) is 25.5. The molecule has 0 saturated carbocycles. The molecule has 10 heteroatoms. The topological polar surface area (TPSA) is 107 Å². The first-order valence-electron chi connectivity index (χ1n) is 11.8. The van der Waals surface area contributed by atoms with E-state index in [0.29, 0.717) is 43.6 Å². The first-order valence-corrected chi connectivity index (χ1v) is 13.0. The number of carbonyl (C=O) groups is 1. The fourth-order valence-electron chi connectivity index (χ4n) is 4.34. The highest BCUT2D eigenvalue weighted by Crippen LogP contribution is 2.41. The second-order valence-corrected chi connectivity index (χ2v) is 10.2. The van der Waals surface area contributed by atoms with Crippen molar-refractivity contribution in [2.45, 2.75) is 40.2 Å². The number of aromatic nitrogens is 3. The number of halogens is 1. The smallest absolute Gasteiger partial charge is 0.225 e. The number of aryl methyl sites for hydroxylation is 2. The van der Waals surface area contributed by atoms with Gasteiger partial charge in [-0.15, -0.1) is 21.5 Å². The van der Waals surface area contributed by atoms with Crippen LogP contribution in [0.3, 0.4) is 0 Å². The first-order chi connectivity index (χ1) is 16.9. The van der Waals surface area contributed by atoms with E-state index in [0.717, 1.165) is 33.2 Å². The SMILES string of the molecule is CC[C@@H](C(=O)NCCOCCN)[C@@H]1N=C(c2ccc(Cl)cc2)c2c(sc(C)c2C)-n2c(C)nnc21. The highest BCUT2D eigenvalue weighted by molar-refractivity contribution is 7.15. The van der Waals surface area contributed by atoms with E-state index in [-0.39, 0.29) is 5.91 Å². The van der Waals surface area contributed by atoms with Gasteiger partial charge in [0.15, 0.2) is 5.82 Å². The molecular weight excluding hydrogens is 484 g/mol. The number of nitrogens with two attached hydrogens (primary N) is 1. The van der Waals surface area contributed by atoms with Crippen LogP contribution in [0.1, 0.15) is 52.6 Å². The summed E-state index contributed by atoms with van der Waals surface area (Å²) in [6.07, 6.45) is 0.592. The zero-order valence-electron chi connectivity index (χ0n) is 20.5. The number of thiophene rings is 1. The van der Waals surface area contributed by atoms with Crippen LogP contribution in [0, 0.1) is 26.7 Å². The molecule has 1 amide bonds. The zero-order chi connectivity index (χ0) is 25.1. The molecule has 1 aromatic carbocycles. The highest BCUT2D eigenvalue weighted by atomic mass is 35.5. The largest absolute Gasteiger partial charge is 0.378 e. The second-order valence-electron chi connectivity index (χ2n) is 8.54. The van der Waals surface area contributed by atoms with Crippen molar-refractivity contribution in [1.29, 1.82) is 0 Å². The van der Waals surface area contributed by atoms with Gasteiger partial charge in [-0.25, -0.2) is 0 Å². The maximum Gasteiger partial charge on any atom is 0.225 e. The standard InChI is InChI=1S/C25H31ClN6O2S/c1-5-19(24(33)28-11-13-34-12-10-27)22-23-31-30-16(4)32(23)25-20(14(2)15(3)35-25)21(29-22)17-6-8-18(26)9-7-17/h6-9,19,22H,5,10-13,27H2,1-4H3,(H,28,33)/t19-,22+/m1/s1. The Morgan fingerprint density at radius 2 is 1.97 bits per heavy atom. The van der Waals surface area contributed by atoms with Crippen LogP contribution in [-0.4, -0.2) is 52.7 Å². The van der Waals surface area contributed by atoms with Gasteiger partial charge in [-0.2, -0.15) is 0 Å². The minimum absolute atomic E-state index is 0.0848. The average Bonchev–Trinajstić information content (AvgIpc) is 3.31. The van der Waals surface area contributed by atoms with Crippen LogP contribution in [0.15, 0.2) is 29.3 Å². The van der Waals surface area contributed by atoms with E-state index >= 15 is 0 Å². The van der Waals surface area contributed by atoms with Crippen molar-refractivity contribution < 1.29 is 9.53 Å². The summed E-state index contributed by atoms with van der Waals surface area (Å²) in [5.74, 6) is 0.934. The van der Waals surface area contributed by atoms with E-state index in [2.05, 4.69) is 33.9 Å². The van der Waals surface area contributed by atoms with Crippen molar-refractivity contribution in [3.8, 4) is 5.00 Å². The summed E-state index contributed by atoms with van der Waals surface area (Å²) in [5, 5.41) is 13.6. The average molecular weight is 515 g/mol. The van der Waals surface area contributed by atoms with Crippen LogP contribution < -0.4 is 11.1 Å². The molecule has 2 atom stereocenters.